The highest BCUT2D eigenvalue weighted by Crippen LogP contribution is 2.32. The lowest BCUT2D eigenvalue weighted by atomic mass is 10.0. The molecule has 0 spiro atoms. The smallest absolute Gasteiger partial charge is 0.228 e. The van der Waals surface area contributed by atoms with Gasteiger partial charge in [0.2, 0.25) is 17.7 Å². The Morgan fingerprint density at radius 1 is 0.966 bits per heavy atom. The summed E-state index contributed by atoms with van der Waals surface area (Å²) in [6, 6.07) is 6.49. The third kappa shape index (κ3) is 3.77. The van der Waals surface area contributed by atoms with Gasteiger partial charge in [0.25, 0.3) is 0 Å². The molecule has 0 radical (unpaired) electrons. The number of hydrogen-bond donors (Lipinski definition) is 1. The minimum atomic E-state index is -0.256. The number of aryl methyl sites for hydroxylation is 2. The summed E-state index contributed by atoms with van der Waals surface area (Å²) in [5, 5.41) is 3.13. The van der Waals surface area contributed by atoms with Gasteiger partial charge in [-0.25, -0.2) is 0 Å². The maximum atomic E-state index is 13.0. The maximum Gasteiger partial charge on any atom is 0.228 e. The van der Waals surface area contributed by atoms with Gasteiger partial charge in [0.15, 0.2) is 0 Å². The van der Waals surface area contributed by atoms with E-state index in [-0.39, 0.29) is 35.6 Å². The fourth-order valence-electron chi connectivity index (χ4n) is 5.02. The van der Waals surface area contributed by atoms with E-state index in [1.165, 1.54) is 17.5 Å². The molecule has 0 aromatic heterocycles. The molecule has 3 fully saturated rings. The van der Waals surface area contributed by atoms with Crippen LogP contribution in [0.25, 0.3) is 0 Å². The number of carbonyl (C=O) groups excluding carboxylic acids is 3. The number of benzene rings is 1. The molecule has 2 aliphatic carbocycles. The molecule has 29 heavy (non-hydrogen) atoms. The summed E-state index contributed by atoms with van der Waals surface area (Å²) in [6.07, 6.45) is 7.33. The lowest BCUT2D eigenvalue weighted by molar-refractivity contribution is -0.137. The van der Waals surface area contributed by atoms with Gasteiger partial charge in [0.1, 0.15) is 0 Å². The first-order valence-corrected chi connectivity index (χ1v) is 11.1. The van der Waals surface area contributed by atoms with Crippen molar-refractivity contribution in [3.8, 4) is 0 Å². The van der Waals surface area contributed by atoms with Gasteiger partial charge in [0, 0.05) is 43.7 Å². The van der Waals surface area contributed by atoms with Gasteiger partial charge in [-0.3, -0.25) is 14.4 Å². The summed E-state index contributed by atoms with van der Waals surface area (Å²) in [5.41, 5.74) is 3.68. The molecule has 1 aromatic carbocycles. The Morgan fingerprint density at radius 2 is 1.72 bits per heavy atom. The van der Waals surface area contributed by atoms with Crippen molar-refractivity contribution in [3.63, 3.8) is 0 Å². The van der Waals surface area contributed by atoms with Crippen molar-refractivity contribution in [2.75, 3.05) is 24.5 Å². The standard InChI is InChI=1S/C23H29N3O3/c27-21-13-18(14-26(21)20-7-6-15-2-1-3-17(15)12-20)23(29)25-10-8-19(9-11-25)24-22(28)16-4-5-16/h6-7,12,16,18-19H,1-5,8-11,13-14H2,(H,24,28). The number of nitrogens with one attached hydrogen (secondary N) is 1. The van der Waals surface area contributed by atoms with Crippen LogP contribution in [-0.2, 0) is 27.2 Å². The molecule has 0 bridgehead atoms. The summed E-state index contributed by atoms with van der Waals surface area (Å²) < 4.78 is 0. The molecule has 1 saturated carbocycles. The largest absolute Gasteiger partial charge is 0.353 e. The summed E-state index contributed by atoms with van der Waals surface area (Å²) in [5.74, 6) is 0.292. The number of fused-ring (bicyclic) bond motifs is 1. The number of carbonyl (C=O) groups is 3. The molecule has 2 heterocycles. The monoisotopic (exact) mass is 395 g/mol. The average Bonchev–Trinajstić information content (AvgIpc) is 3.36. The van der Waals surface area contributed by atoms with E-state index in [9.17, 15) is 14.4 Å². The number of amides is 3. The molecule has 1 aromatic rings. The van der Waals surface area contributed by atoms with E-state index in [4.69, 9.17) is 0 Å². The molecule has 2 aliphatic heterocycles. The van der Waals surface area contributed by atoms with Crippen LogP contribution in [0, 0.1) is 11.8 Å². The normalized spacial score (nSPS) is 24.7. The van der Waals surface area contributed by atoms with Gasteiger partial charge < -0.3 is 15.1 Å². The minimum absolute atomic E-state index is 0.0490. The highest BCUT2D eigenvalue weighted by atomic mass is 16.2. The average molecular weight is 396 g/mol. The summed E-state index contributed by atoms with van der Waals surface area (Å²) in [7, 11) is 0. The van der Waals surface area contributed by atoms with Gasteiger partial charge in [0.05, 0.1) is 5.92 Å². The highest BCUT2D eigenvalue weighted by molar-refractivity contribution is 6.00. The van der Waals surface area contributed by atoms with Crippen molar-refractivity contribution in [3.05, 3.63) is 29.3 Å². The summed E-state index contributed by atoms with van der Waals surface area (Å²) in [6.45, 7) is 1.81. The quantitative estimate of drug-likeness (QED) is 0.848. The molecule has 1 atom stereocenters. The van der Waals surface area contributed by atoms with Gasteiger partial charge in [-0.15, -0.1) is 0 Å². The lowest BCUT2D eigenvalue weighted by Gasteiger charge is -2.33. The van der Waals surface area contributed by atoms with Crippen LogP contribution in [-0.4, -0.2) is 48.3 Å². The second-order valence-corrected chi connectivity index (χ2v) is 9.09. The van der Waals surface area contributed by atoms with E-state index < -0.39 is 0 Å². The molecule has 6 nitrogen and oxygen atoms in total. The molecule has 154 valence electrons. The van der Waals surface area contributed by atoms with Gasteiger partial charge in [-0.2, -0.15) is 0 Å². The topological polar surface area (TPSA) is 69.7 Å². The number of rotatable bonds is 4. The first-order chi connectivity index (χ1) is 14.1. The third-order valence-corrected chi connectivity index (χ3v) is 6.97. The molecule has 3 amide bonds. The van der Waals surface area contributed by atoms with Crippen LogP contribution < -0.4 is 10.2 Å². The molecule has 4 aliphatic rings. The van der Waals surface area contributed by atoms with Gasteiger partial charge in [-0.1, -0.05) is 6.07 Å². The Bertz CT molecular complexity index is 840. The number of piperidine rings is 1. The van der Waals surface area contributed by atoms with E-state index >= 15 is 0 Å². The van der Waals surface area contributed by atoms with Crippen LogP contribution in [0.3, 0.4) is 0 Å². The van der Waals surface area contributed by atoms with Gasteiger partial charge in [-0.05, 0) is 68.2 Å². The molecule has 6 heteroatoms. The van der Waals surface area contributed by atoms with Crippen LogP contribution in [0.15, 0.2) is 18.2 Å². The van der Waals surface area contributed by atoms with E-state index in [1.807, 2.05) is 11.0 Å². The number of nitrogens with zero attached hydrogens (tertiary/aromatic N) is 2. The Morgan fingerprint density at radius 3 is 2.48 bits per heavy atom. The minimum Gasteiger partial charge on any atom is -0.353 e. The molecule has 5 rings (SSSR count). The van der Waals surface area contributed by atoms with Crippen LogP contribution in [0.2, 0.25) is 0 Å². The van der Waals surface area contributed by atoms with E-state index in [0.29, 0.717) is 26.1 Å². The Hall–Kier alpha value is -2.37. The first kappa shape index (κ1) is 18.6. The van der Waals surface area contributed by atoms with E-state index in [2.05, 4.69) is 17.4 Å². The van der Waals surface area contributed by atoms with Gasteiger partial charge >= 0.3 is 0 Å². The highest BCUT2D eigenvalue weighted by Gasteiger charge is 2.39. The first-order valence-electron chi connectivity index (χ1n) is 11.1. The fourth-order valence-corrected chi connectivity index (χ4v) is 5.02. The third-order valence-electron chi connectivity index (χ3n) is 6.97. The summed E-state index contributed by atoms with van der Waals surface area (Å²) >= 11 is 0. The number of anilines is 1. The van der Waals surface area contributed by atoms with E-state index in [0.717, 1.165) is 44.2 Å². The number of likely N-dealkylation sites (tertiary alicyclic amines) is 1. The van der Waals surface area contributed by atoms with Crippen molar-refractivity contribution in [1.82, 2.24) is 10.2 Å². The summed E-state index contributed by atoms with van der Waals surface area (Å²) in [4.78, 5) is 41.3. The Kier molecular flexibility index (Phi) is 4.80. The second-order valence-electron chi connectivity index (χ2n) is 9.09. The van der Waals surface area contributed by atoms with Crippen molar-refractivity contribution >= 4 is 23.4 Å². The van der Waals surface area contributed by atoms with Crippen molar-refractivity contribution in [1.29, 1.82) is 0 Å². The predicted molar refractivity (Wildman–Crippen MR) is 109 cm³/mol. The molecule has 1 N–H and O–H groups in total. The molecular formula is C23H29N3O3. The van der Waals surface area contributed by atoms with Crippen LogP contribution in [0.1, 0.15) is 49.7 Å². The molecule has 2 saturated heterocycles. The van der Waals surface area contributed by atoms with Crippen molar-refractivity contribution in [2.45, 2.75) is 57.4 Å². The lowest BCUT2D eigenvalue weighted by Crippen LogP contribution is -2.48. The maximum absolute atomic E-state index is 13.0. The second kappa shape index (κ2) is 7.47. The zero-order valence-corrected chi connectivity index (χ0v) is 16.9. The van der Waals surface area contributed by atoms with E-state index in [1.54, 1.807) is 4.90 Å². The number of hydrogen-bond acceptors (Lipinski definition) is 3. The SMILES string of the molecule is O=C(NC1CCN(C(=O)C2CC(=O)N(c3ccc4c(c3)CCC4)C2)CC1)C1CC1. The zero-order valence-electron chi connectivity index (χ0n) is 16.9. The Labute approximate surface area is 171 Å². The van der Waals surface area contributed by atoms with Crippen molar-refractivity contribution < 1.29 is 14.4 Å². The van der Waals surface area contributed by atoms with Crippen LogP contribution in [0.4, 0.5) is 5.69 Å². The molecule has 1 unspecified atom stereocenters. The Balaban J connectivity index is 1.17. The zero-order chi connectivity index (χ0) is 20.0. The molecular weight excluding hydrogens is 366 g/mol. The predicted octanol–water partition coefficient (Wildman–Crippen LogP) is 2.05. The fraction of sp³-hybridized carbons (Fsp3) is 0.609. The van der Waals surface area contributed by atoms with Crippen molar-refractivity contribution in [2.24, 2.45) is 11.8 Å². The van der Waals surface area contributed by atoms with Crippen LogP contribution >= 0.6 is 0 Å². The van der Waals surface area contributed by atoms with Crippen LogP contribution in [0.5, 0.6) is 0 Å².